The fraction of sp³-hybridized carbons (Fsp3) is 0.0625. The summed E-state index contributed by atoms with van der Waals surface area (Å²) in [5, 5.41) is 5.36. The molecule has 0 radical (unpaired) electrons. The van der Waals surface area contributed by atoms with E-state index in [9.17, 15) is 4.79 Å². The molecular formula is C16H12ClN3OS. The number of nitrogens with one attached hydrogen (secondary N) is 1. The van der Waals surface area contributed by atoms with Gasteiger partial charge >= 0.3 is 0 Å². The van der Waals surface area contributed by atoms with Crippen molar-refractivity contribution in [3.8, 4) is 11.3 Å². The second-order valence-electron chi connectivity index (χ2n) is 4.70. The predicted molar refractivity (Wildman–Crippen MR) is 89.5 cm³/mol. The van der Waals surface area contributed by atoms with Crippen molar-refractivity contribution >= 4 is 34.0 Å². The van der Waals surface area contributed by atoms with Gasteiger partial charge in [-0.3, -0.25) is 10.1 Å². The number of aromatic nitrogens is 2. The summed E-state index contributed by atoms with van der Waals surface area (Å²) in [6.45, 7) is 2.04. The average Bonchev–Trinajstić information content (AvgIpc) is 2.97. The van der Waals surface area contributed by atoms with E-state index in [0.29, 0.717) is 10.7 Å². The lowest BCUT2D eigenvalue weighted by molar-refractivity contribution is 0.102. The third-order valence-corrected chi connectivity index (χ3v) is 4.13. The molecule has 1 aromatic carbocycles. The molecule has 0 saturated heterocycles. The number of pyridine rings is 1. The van der Waals surface area contributed by atoms with E-state index in [2.05, 4.69) is 15.3 Å². The van der Waals surface area contributed by atoms with Crippen LogP contribution in [0, 0.1) is 6.92 Å². The second kappa shape index (κ2) is 6.25. The summed E-state index contributed by atoms with van der Waals surface area (Å²) in [5.41, 5.74) is 3.37. The molecule has 1 N–H and O–H groups in total. The van der Waals surface area contributed by atoms with Crippen LogP contribution in [0.25, 0.3) is 11.3 Å². The lowest BCUT2D eigenvalue weighted by Gasteiger charge is -2.02. The molecular weight excluding hydrogens is 318 g/mol. The number of aryl methyl sites for hydroxylation is 1. The minimum Gasteiger partial charge on any atom is -0.298 e. The summed E-state index contributed by atoms with van der Waals surface area (Å²) < 4.78 is 0. The van der Waals surface area contributed by atoms with Gasteiger partial charge in [0.2, 0.25) is 0 Å². The molecule has 110 valence electrons. The third-order valence-electron chi connectivity index (χ3n) is 3.08. The number of carbonyl (C=O) groups excluding carboxylic acids is 1. The Kier molecular flexibility index (Phi) is 4.18. The van der Waals surface area contributed by atoms with Crippen molar-refractivity contribution in [1.29, 1.82) is 0 Å². The first-order chi connectivity index (χ1) is 10.6. The molecule has 6 heteroatoms. The highest BCUT2D eigenvalue weighted by Gasteiger charge is 2.13. The molecule has 0 fully saturated rings. The highest BCUT2D eigenvalue weighted by molar-refractivity contribution is 7.14. The third kappa shape index (κ3) is 3.16. The molecule has 0 aliphatic heterocycles. The summed E-state index contributed by atoms with van der Waals surface area (Å²) in [4.78, 5) is 20.5. The van der Waals surface area contributed by atoms with Crippen LogP contribution in [0.2, 0.25) is 5.15 Å². The zero-order valence-electron chi connectivity index (χ0n) is 11.7. The Morgan fingerprint density at radius 1 is 1.23 bits per heavy atom. The summed E-state index contributed by atoms with van der Waals surface area (Å²) in [5.74, 6) is -0.317. The summed E-state index contributed by atoms with van der Waals surface area (Å²) in [6, 6.07) is 11.4. The normalized spacial score (nSPS) is 10.5. The van der Waals surface area contributed by atoms with Crippen molar-refractivity contribution in [1.82, 2.24) is 9.97 Å². The van der Waals surface area contributed by atoms with Gasteiger partial charge < -0.3 is 0 Å². The highest BCUT2D eigenvalue weighted by Crippen LogP contribution is 2.25. The molecule has 2 aromatic heterocycles. The van der Waals surface area contributed by atoms with E-state index in [-0.39, 0.29) is 11.1 Å². The monoisotopic (exact) mass is 329 g/mol. The molecule has 3 rings (SSSR count). The van der Waals surface area contributed by atoms with Gasteiger partial charge in [-0.25, -0.2) is 9.97 Å². The van der Waals surface area contributed by atoms with Crippen molar-refractivity contribution in [3.63, 3.8) is 0 Å². The molecule has 0 aliphatic rings. The first-order valence-corrected chi connectivity index (χ1v) is 7.83. The smallest absolute Gasteiger partial charge is 0.260 e. The molecule has 0 saturated carbocycles. The van der Waals surface area contributed by atoms with Gasteiger partial charge in [0.25, 0.3) is 5.91 Å². The van der Waals surface area contributed by atoms with Crippen LogP contribution in [0.1, 0.15) is 15.9 Å². The Morgan fingerprint density at radius 2 is 2.00 bits per heavy atom. The minimum atomic E-state index is -0.317. The van der Waals surface area contributed by atoms with Crippen molar-refractivity contribution < 1.29 is 4.79 Å². The molecule has 0 bridgehead atoms. The molecule has 4 nitrogen and oxygen atoms in total. The minimum absolute atomic E-state index is 0.176. The van der Waals surface area contributed by atoms with Crippen LogP contribution in [0.4, 0.5) is 5.13 Å². The Labute approximate surface area is 136 Å². The fourth-order valence-corrected chi connectivity index (χ4v) is 2.83. The first-order valence-electron chi connectivity index (χ1n) is 6.58. The predicted octanol–water partition coefficient (Wildman–Crippen LogP) is 4.42. The van der Waals surface area contributed by atoms with Gasteiger partial charge in [-0.2, -0.15) is 0 Å². The quantitative estimate of drug-likeness (QED) is 0.724. The van der Waals surface area contributed by atoms with Crippen LogP contribution in [0.3, 0.4) is 0 Å². The summed E-state index contributed by atoms with van der Waals surface area (Å²) >= 11 is 7.28. The maximum Gasteiger partial charge on any atom is 0.260 e. The lowest BCUT2D eigenvalue weighted by atomic mass is 10.1. The number of halogens is 1. The molecule has 2 heterocycles. The number of hydrogen-bond donors (Lipinski definition) is 1. The Balaban J connectivity index is 1.78. The number of thiazole rings is 1. The van der Waals surface area contributed by atoms with Crippen molar-refractivity contribution in [2.75, 3.05) is 5.32 Å². The van der Waals surface area contributed by atoms with Gasteiger partial charge in [0.05, 0.1) is 11.3 Å². The van der Waals surface area contributed by atoms with Gasteiger partial charge in [-0.15, -0.1) is 11.3 Å². The Hall–Kier alpha value is -2.24. The molecule has 0 atom stereocenters. The maximum atomic E-state index is 12.2. The SMILES string of the molecule is Cc1ccc(-c2csc(NC(=O)c3cccnc3Cl)n2)cc1. The van der Waals surface area contributed by atoms with Crippen LogP contribution < -0.4 is 5.32 Å². The number of carbonyl (C=O) groups is 1. The standard InChI is InChI=1S/C16H12ClN3OS/c1-10-4-6-11(7-5-10)13-9-22-16(19-13)20-15(21)12-3-2-8-18-14(12)17/h2-9H,1H3,(H,19,20,21). The molecule has 1 amide bonds. The first kappa shape index (κ1) is 14.7. The van der Waals surface area contributed by atoms with Crippen LogP contribution in [-0.2, 0) is 0 Å². The molecule has 0 spiro atoms. The second-order valence-corrected chi connectivity index (χ2v) is 5.92. The average molecular weight is 330 g/mol. The topological polar surface area (TPSA) is 54.9 Å². The van der Waals surface area contributed by atoms with Crippen molar-refractivity contribution in [2.45, 2.75) is 6.92 Å². The van der Waals surface area contributed by atoms with E-state index in [1.54, 1.807) is 12.1 Å². The van der Waals surface area contributed by atoms with E-state index >= 15 is 0 Å². The summed E-state index contributed by atoms with van der Waals surface area (Å²) in [7, 11) is 0. The van der Waals surface area contributed by atoms with Crippen LogP contribution in [0.15, 0.2) is 48.0 Å². The van der Waals surface area contributed by atoms with Crippen molar-refractivity contribution in [2.24, 2.45) is 0 Å². The highest BCUT2D eigenvalue weighted by atomic mass is 35.5. The van der Waals surface area contributed by atoms with E-state index in [4.69, 9.17) is 11.6 Å². The van der Waals surface area contributed by atoms with Gasteiger partial charge in [0.15, 0.2) is 5.13 Å². The molecule has 3 aromatic rings. The van der Waals surface area contributed by atoms with Crippen LogP contribution >= 0.6 is 22.9 Å². The van der Waals surface area contributed by atoms with Gasteiger partial charge in [0, 0.05) is 17.1 Å². The van der Waals surface area contributed by atoms with Crippen molar-refractivity contribution in [3.05, 3.63) is 64.3 Å². The Morgan fingerprint density at radius 3 is 2.73 bits per heavy atom. The van der Waals surface area contributed by atoms with Gasteiger partial charge in [0.1, 0.15) is 5.15 Å². The number of nitrogens with zero attached hydrogens (tertiary/aromatic N) is 2. The summed E-state index contributed by atoms with van der Waals surface area (Å²) in [6.07, 6.45) is 1.54. The number of benzene rings is 1. The van der Waals surface area contributed by atoms with Crippen LogP contribution in [-0.4, -0.2) is 15.9 Å². The zero-order chi connectivity index (χ0) is 15.5. The van der Waals surface area contributed by atoms with Gasteiger partial charge in [-0.1, -0.05) is 41.4 Å². The Bertz CT molecular complexity index is 814. The van der Waals surface area contributed by atoms with Crippen LogP contribution in [0.5, 0.6) is 0 Å². The van der Waals surface area contributed by atoms with E-state index in [0.717, 1.165) is 11.3 Å². The number of amides is 1. The largest absolute Gasteiger partial charge is 0.298 e. The molecule has 0 aliphatic carbocycles. The van der Waals surface area contributed by atoms with E-state index in [1.165, 1.54) is 23.1 Å². The van der Waals surface area contributed by atoms with Gasteiger partial charge in [-0.05, 0) is 19.1 Å². The number of hydrogen-bond acceptors (Lipinski definition) is 4. The van der Waals surface area contributed by atoms with E-state index < -0.39 is 0 Å². The molecule has 0 unspecified atom stereocenters. The number of rotatable bonds is 3. The maximum absolute atomic E-state index is 12.2. The zero-order valence-corrected chi connectivity index (χ0v) is 13.3. The van der Waals surface area contributed by atoms with E-state index in [1.807, 2.05) is 36.6 Å². The molecule has 22 heavy (non-hydrogen) atoms. The lowest BCUT2D eigenvalue weighted by Crippen LogP contribution is -2.12. The number of anilines is 1. The fourth-order valence-electron chi connectivity index (χ4n) is 1.91.